The first kappa shape index (κ1) is 40.7. The molecule has 1 aromatic heterocycles. The number of carbonyl (C=O) groups excluding carboxylic acids is 5. The Morgan fingerprint density at radius 1 is 0.959 bits per heavy atom. The second-order valence-electron chi connectivity index (χ2n) is 13.3. The van der Waals surface area contributed by atoms with Gasteiger partial charge in [-0.2, -0.15) is 0 Å². The molecule has 49 heavy (non-hydrogen) atoms. The fourth-order valence-electron chi connectivity index (χ4n) is 3.98. The molecule has 276 valence electrons. The molecule has 1 fully saturated rings. The maximum atomic E-state index is 16.7. The van der Waals surface area contributed by atoms with Crippen molar-refractivity contribution in [3.8, 4) is 0 Å². The van der Waals surface area contributed by atoms with E-state index < -0.39 is 102 Å². The number of rotatable bonds is 13. The molecule has 0 radical (unpaired) electrons. The lowest BCUT2D eigenvalue weighted by atomic mass is 10.1. The third kappa shape index (κ3) is 11.3. The van der Waals surface area contributed by atoms with Crippen LogP contribution in [0.5, 0.6) is 0 Å². The quantitative estimate of drug-likeness (QED) is 0.232. The van der Waals surface area contributed by atoms with Crippen LogP contribution in [0.2, 0.25) is 0 Å². The number of likely N-dealkylation sites (N-methyl/N-ethyl adjacent to an activating group) is 1. The van der Waals surface area contributed by atoms with Gasteiger partial charge in [0.2, 0.25) is 6.10 Å². The predicted molar refractivity (Wildman–Crippen MR) is 168 cm³/mol. The lowest BCUT2D eigenvalue weighted by Crippen LogP contribution is -2.49. The van der Waals surface area contributed by atoms with E-state index >= 15 is 4.39 Å². The fraction of sp³-hybridized carbons (Fsp3) is 0.710. The van der Waals surface area contributed by atoms with Crippen molar-refractivity contribution in [3.63, 3.8) is 0 Å². The summed E-state index contributed by atoms with van der Waals surface area (Å²) >= 11 is 0. The van der Waals surface area contributed by atoms with Gasteiger partial charge in [-0.25, -0.2) is 23.3 Å². The van der Waals surface area contributed by atoms with Gasteiger partial charge < -0.3 is 38.6 Å². The Morgan fingerprint density at radius 2 is 1.53 bits per heavy atom. The highest BCUT2D eigenvalue weighted by Crippen LogP contribution is 2.42. The summed E-state index contributed by atoms with van der Waals surface area (Å²) in [6, 6.07) is 0.884. The van der Waals surface area contributed by atoms with Crippen LogP contribution in [0.1, 0.15) is 68.5 Å². The number of hydrogen-bond donors (Lipinski definition) is 1. The molecule has 0 spiro atoms. The first-order valence-corrected chi connectivity index (χ1v) is 15.7. The molecule has 2 heterocycles. The van der Waals surface area contributed by atoms with Crippen molar-refractivity contribution >= 4 is 30.1 Å². The second-order valence-corrected chi connectivity index (χ2v) is 13.3. The Balaban J connectivity index is 2.38. The number of alkyl halides is 1. The van der Waals surface area contributed by atoms with Gasteiger partial charge in [0.15, 0.2) is 25.7 Å². The van der Waals surface area contributed by atoms with Gasteiger partial charge in [-0.05, 0) is 20.8 Å². The highest BCUT2D eigenvalue weighted by molar-refractivity contribution is 5.73. The van der Waals surface area contributed by atoms with E-state index in [1.165, 1.54) is 53.5 Å². The maximum absolute atomic E-state index is 16.7. The smallest absolute Gasteiger partial charge is 0.410 e. The van der Waals surface area contributed by atoms with Crippen molar-refractivity contribution in [3.05, 3.63) is 33.1 Å². The molecule has 2 rings (SSSR count). The zero-order valence-electron chi connectivity index (χ0n) is 29.5. The minimum Gasteiger partial charge on any atom is -0.459 e. The van der Waals surface area contributed by atoms with Crippen LogP contribution in [0.15, 0.2) is 21.9 Å². The number of aromatic nitrogens is 2. The Labute approximate surface area is 282 Å². The van der Waals surface area contributed by atoms with Gasteiger partial charge in [-0.1, -0.05) is 41.5 Å². The molecule has 0 aromatic carbocycles. The Kier molecular flexibility index (Phi) is 13.9. The van der Waals surface area contributed by atoms with Crippen molar-refractivity contribution in [1.82, 2.24) is 19.4 Å². The Morgan fingerprint density at radius 3 is 2.08 bits per heavy atom. The SMILES string of the molecule is CC(C)C(=O)OC[C@@]1(F)O[C@@H](n2ccc(=O)n(COC(=O)NCCN(C)C(=O)OC(C)(C)C)c2=O)[C@H](OC(=O)C(C)C)[C@@H]1OC(=O)C(C)C. The number of halogens is 1. The van der Waals surface area contributed by atoms with E-state index in [0.29, 0.717) is 9.13 Å². The molecule has 4 atom stereocenters. The normalized spacial score (nSPS) is 20.6. The monoisotopic (exact) mass is 702 g/mol. The van der Waals surface area contributed by atoms with E-state index in [9.17, 15) is 33.6 Å². The second kappa shape index (κ2) is 16.8. The highest BCUT2D eigenvalue weighted by atomic mass is 19.2. The summed E-state index contributed by atoms with van der Waals surface area (Å²) in [4.78, 5) is 89.5. The van der Waals surface area contributed by atoms with E-state index in [-0.39, 0.29) is 13.1 Å². The third-order valence-electron chi connectivity index (χ3n) is 6.76. The highest BCUT2D eigenvalue weighted by Gasteiger charge is 2.62. The van der Waals surface area contributed by atoms with Crippen LogP contribution in [0, 0.1) is 17.8 Å². The van der Waals surface area contributed by atoms with E-state index in [1.54, 1.807) is 20.8 Å². The molecule has 1 aliphatic rings. The molecular formula is C31H47FN4O13. The largest absolute Gasteiger partial charge is 0.459 e. The van der Waals surface area contributed by atoms with Gasteiger partial charge in [0, 0.05) is 32.4 Å². The summed E-state index contributed by atoms with van der Waals surface area (Å²) in [6.07, 6.45) is -6.43. The summed E-state index contributed by atoms with van der Waals surface area (Å²) in [5.74, 6) is -7.90. The number of nitrogens with zero attached hydrogens (tertiary/aromatic N) is 3. The molecular weight excluding hydrogens is 655 g/mol. The first-order chi connectivity index (χ1) is 22.6. The van der Waals surface area contributed by atoms with E-state index in [4.69, 9.17) is 28.4 Å². The number of hydrogen-bond acceptors (Lipinski definition) is 13. The average Bonchev–Trinajstić information content (AvgIpc) is 3.25. The molecule has 1 aliphatic heterocycles. The number of esters is 3. The van der Waals surface area contributed by atoms with Crippen LogP contribution in [0.25, 0.3) is 0 Å². The van der Waals surface area contributed by atoms with Gasteiger partial charge in [0.1, 0.15) is 5.60 Å². The summed E-state index contributed by atoms with van der Waals surface area (Å²) in [7, 11) is 1.46. The molecule has 18 heteroatoms. The molecule has 0 bridgehead atoms. The molecule has 1 N–H and O–H groups in total. The predicted octanol–water partition coefficient (Wildman–Crippen LogP) is 2.09. The first-order valence-electron chi connectivity index (χ1n) is 15.7. The lowest BCUT2D eigenvalue weighted by Gasteiger charge is -2.28. The minimum atomic E-state index is -3.12. The minimum absolute atomic E-state index is 0.0393. The van der Waals surface area contributed by atoms with Crippen molar-refractivity contribution in [2.75, 3.05) is 26.7 Å². The van der Waals surface area contributed by atoms with E-state index in [1.807, 2.05) is 0 Å². The molecule has 0 aliphatic carbocycles. The Bertz CT molecular complexity index is 1480. The van der Waals surface area contributed by atoms with Crippen molar-refractivity contribution in [1.29, 1.82) is 0 Å². The van der Waals surface area contributed by atoms with Crippen LogP contribution in [0.4, 0.5) is 14.0 Å². The summed E-state index contributed by atoms with van der Waals surface area (Å²) in [6.45, 7) is 12.0. The zero-order chi connectivity index (χ0) is 37.4. The van der Waals surface area contributed by atoms with Gasteiger partial charge >= 0.3 is 35.8 Å². The van der Waals surface area contributed by atoms with Gasteiger partial charge in [-0.3, -0.25) is 23.7 Å². The van der Waals surface area contributed by atoms with Gasteiger partial charge in [0.05, 0.1) is 17.8 Å². The molecule has 0 unspecified atom stereocenters. The van der Waals surface area contributed by atoms with Crippen molar-refractivity contribution < 1.29 is 56.8 Å². The molecule has 1 aromatic rings. The molecule has 1 saturated heterocycles. The van der Waals surface area contributed by atoms with Crippen LogP contribution >= 0.6 is 0 Å². The van der Waals surface area contributed by atoms with Crippen molar-refractivity contribution in [2.45, 2.75) is 98.9 Å². The van der Waals surface area contributed by atoms with Crippen molar-refractivity contribution in [2.24, 2.45) is 17.8 Å². The van der Waals surface area contributed by atoms with Crippen LogP contribution < -0.4 is 16.6 Å². The standard InChI is InChI=1S/C31H47FN4O13/c1-17(2)24(38)44-15-31(32)22(47-26(40)19(5)6)21(46-25(39)18(3)4)23(48-31)35-13-11-20(37)36(28(35)42)16-45-27(41)33-12-14-34(10)29(43)49-30(7,8)9/h11,13,17-19,21-23H,12,14-16H2,1-10H3,(H,33,41)/t21-,22+,23-,31-/m1/s1. The van der Waals surface area contributed by atoms with Gasteiger partial charge in [-0.15, -0.1) is 0 Å². The molecule has 17 nitrogen and oxygen atoms in total. The maximum Gasteiger partial charge on any atom is 0.410 e. The van der Waals surface area contributed by atoms with E-state index in [0.717, 1.165) is 12.3 Å². The number of ether oxygens (including phenoxy) is 6. The van der Waals surface area contributed by atoms with Crippen LogP contribution in [0.3, 0.4) is 0 Å². The summed E-state index contributed by atoms with van der Waals surface area (Å²) < 4.78 is 49.6. The lowest BCUT2D eigenvalue weighted by molar-refractivity contribution is -0.226. The fourth-order valence-corrected chi connectivity index (χ4v) is 3.98. The van der Waals surface area contributed by atoms with Gasteiger partial charge in [0.25, 0.3) is 11.4 Å². The number of amides is 2. The molecule has 0 saturated carbocycles. The zero-order valence-corrected chi connectivity index (χ0v) is 29.5. The number of alkyl carbamates (subject to hydrolysis) is 1. The Hall–Kier alpha value is -4.48. The molecule has 2 amide bonds. The van der Waals surface area contributed by atoms with E-state index in [2.05, 4.69) is 5.32 Å². The topological polar surface area (TPSA) is 200 Å². The third-order valence-corrected chi connectivity index (χ3v) is 6.76. The summed E-state index contributed by atoms with van der Waals surface area (Å²) in [5.41, 5.74) is -2.83. The summed E-state index contributed by atoms with van der Waals surface area (Å²) in [5, 5.41) is 2.37. The van der Waals surface area contributed by atoms with Crippen LogP contribution in [-0.2, 0) is 49.5 Å². The number of nitrogens with one attached hydrogen (secondary N) is 1. The van der Waals surface area contributed by atoms with Crippen LogP contribution in [-0.4, -0.2) is 94.5 Å². The number of carbonyl (C=O) groups is 5. The average molecular weight is 703 g/mol.